The van der Waals surface area contributed by atoms with Crippen molar-refractivity contribution in [3.05, 3.63) is 15.5 Å². The van der Waals surface area contributed by atoms with E-state index >= 15 is 0 Å². The number of nitrogens with zero attached hydrogens (tertiary/aromatic N) is 2. The van der Waals surface area contributed by atoms with E-state index in [4.69, 9.17) is 17.3 Å². The molecule has 1 saturated heterocycles. The molecular formula is C10H16ClN3S. The maximum Gasteiger partial charge on any atom is 0.113 e. The van der Waals surface area contributed by atoms with Crippen molar-refractivity contribution in [3.63, 3.8) is 0 Å². The van der Waals surface area contributed by atoms with Crippen LogP contribution >= 0.6 is 22.9 Å². The van der Waals surface area contributed by atoms with Crippen molar-refractivity contribution in [3.8, 4) is 0 Å². The number of hydrogen-bond acceptors (Lipinski definition) is 4. The van der Waals surface area contributed by atoms with Crippen LogP contribution in [0.5, 0.6) is 0 Å². The summed E-state index contributed by atoms with van der Waals surface area (Å²) < 4.78 is 0.769. The third-order valence-electron chi connectivity index (χ3n) is 3.01. The lowest BCUT2D eigenvalue weighted by atomic mass is 9.90. The fourth-order valence-corrected chi connectivity index (χ4v) is 2.98. The summed E-state index contributed by atoms with van der Waals surface area (Å²) in [6.45, 7) is 6.11. The molecule has 1 aromatic rings. The van der Waals surface area contributed by atoms with E-state index in [0.29, 0.717) is 5.41 Å². The van der Waals surface area contributed by atoms with Gasteiger partial charge >= 0.3 is 0 Å². The summed E-state index contributed by atoms with van der Waals surface area (Å²) in [7, 11) is 0. The summed E-state index contributed by atoms with van der Waals surface area (Å²) in [5.74, 6) is 0. The largest absolute Gasteiger partial charge is 0.330 e. The van der Waals surface area contributed by atoms with Crippen LogP contribution in [-0.4, -0.2) is 29.5 Å². The molecule has 0 radical (unpaired) electrons. The minimum atomic E-state index is 0.293. The van der Waals surface area contributed by atoms with Crippen molar-refractivity contribution < 1.29 is 0 Å². The Balaban J connectivity index is 1.92. The van der Waals surface area contributed by atoms with Crippen LogP contribution in [0.25, 0.3) is 0 Å². The average molecular weight is 246 g/mol. The molecule has 1 atom stereocenters. The van der Waals surface area contributed by atoms with Gasteiger partial charge in [-0.1, -0.05) is 18.5 Å². The van der Waals surface area contributed by atoms with Crippen molar-refractivity contribution in [1.29, 1.82) is 0 Å². The van der Waals surface area contributed by atoms with Gasteiger partial charge in [-0.3, -0.25) is 4.90 Å². The van der Waals surface area contributed by atoms with Gasteiger partial charge in [0.1, 0.15) is 9.34 Å². The maximum absolute atomic E-state index is 5.85. The standard InChI is InChI=1S/C10H16ClN3S/c1-10(6-12)2-3-14(7-10)5-9-13-4-8(11)15-9/h4H,2-3,5-7,12H2,1H3. The molecule has 1 fully saturated rings. The maximum atomic E-state index is 5.85. The molecule has 0 amide bonds. The Hall–Kier alpha value is -0.160. The van der Waals surface area contributed by atoms with Gasteiger partial charge in [-0.05, 0) is 24.9 Å². The number of likely N-dealkylation sites (tertiary alicyclic amines) is 1. The molecule has 1 aromatic heterocycles. The number of hydrogen-bond donors (Lipinski definition) is 1. The molecule has 2 N–H and O–H groups in total. The minimum absolute atomic E-state index is 0.293. The van der Waals surface area contributed by atoms with E-state index < -0.39 is 0 Å². The molecule has 1 aliphatic heterocycles. The molecule has 15 heavy (non-hydrogen) atoms. The zero-order chi connectivity index (χ0) is 10.9. The highest BCUT2D eigenvalue weighted by Crippen LogP contribution is 2.30. The van der Waals surface area contributed by atoms with Crippen LogP contribution in [0.3, 0.4) is 0 Å². The number of halogens is 1. The van der Waals surface area contributed by atoms with Gasteiger partial charge in [0.15, 0.2) is 0 Å². The number of aromatic nitrogens is 1. The second-order valence-corrected chi connectivity index (χ2v) is 6.28. The van der Waals surface area contributed by atoms with Crippen LogP contribution in [0.4, 0.5) is 0 Å². The Kier molecular flexibility index (Phi) is 3.30. The molecule has 0 aromatic carbocycles. The molecule has 5 heteroatoms. The number of rotatable bonds is 3. The monoisotopic (exact) mass is 245 g/mol. The van der Waals surface area contributed by atoms with E-state index in [-0.39, 0.29) is 0 Å². The number of nitrogens with two attached hydrogens (primary N) is 1. The Bertz CT molecular complexity index is 341. The molecule has 0 aliphatic carbocycles. The summed E-state index contributed by atoms with van der Waals surface area (Å²) >= 11 is 7.41. The first-order valence-electron chi connectivity index (χ1n) is 5.14. The lowest BCUT2D eigenvalue weighted by molar-refractivity contribution is 0.274. The highest BCUT2D eigenvalue weighted by molar-refractivity contribution is 7.15. The SMILES string of the molecule is CC1(CN)CCN(Cc2ncc(Cl)s2)C1. The van der Waals surface area contributed by atoms with Crippen LogP contribution in [0.1, 0.15) is 18.4 Å². The summed E-state index contributed by atoms with van der Waals surface area (Å²) in [4.78, 5) is 6.67. The van der Waals surface area contributed by atoms with Crippen LogP contribution in [-0.2, 0) is 6.54 Å². The van der Waals surface area contributed by atoms with Gasteiger partial charge in [0.05, 0.1) is 12.7 Å². The molecule has 0 spiro atoms. The second kappa shape index (κ2) is 4.37. The molecule has 0 saturated carbocycles. The molecule has 1 unspecified atom stereocenters. The Morgan fingerprint density at radius 1 is 1.73 bits per heavy atom. The van der Waals surface area contributed by atoms with Crippen LogP contribution in [0.2, 0.25) is 4.34 Å². The van der Waals surface area contributed by atoms with Crippen molar-refractivity contribution >= 4 is 22.9 Å². The predicted octanol–water partition coefficient (Wildman–Crippen LogP) is 1.97. The van der Waals surface area contributed by atoms with Crippen molar-refractivity contribution in [1.82, 2.24) is 9.88 Å². The fraction of sp³-hybridized carbons (Fsp3) is 0.700. The summed E-state index contributed by atoms with van der Waals surface area (Å²) in [6, 6.07) is 0. The highest BCUT2D eigenvalue weighted by Gasteiger charge is 2.32. The molecule has 2 heterocycles. The number of thiazole rings is 1. The molecule has 0 bridgehead atoms. The zero-order valence-electron chi connectivity index (χ0n) is 8.87. The minimum Gasteiger partial charge on any atom is -0.330 e. The summed E-state index contributed by atoms with van der Waals surface area (Å²) in [5, 5.41) is 1.10. The Morgan fingerprint density at radius 3 is 3.07 bits per heavy atom. The van der Waals surface area contributed by atoms with E-state index in [9.17, 15) is 0 Å². The Labute approximate surface area is 99.2 Å². The smallest absolute Gasteiger partial charge is 0.113 e. The van der Waals surface area contributed by atoms with Crippen LogP contribution in [0.15, 0.2) is 6.20 Å². The lowest BCUT2D eigenvalue weighted by Crippen LogP contribution is -2.31. The van der Waals surface area contributed by atoms with Crippen molar-refractivity contribution in [2.75, 3.05) is 19.6 Å². The molecule has 2 rings (SSSR count). The quantitative estimate of drug-likeness (QED) is 0.886. The second-order valence-electron chi connectivity index (χ2n) is 4.53. The third-order valence-corrected chi connectivity index (χ3v) is 4.11. The van der Waals surface area contributed by atoms with Gasteiger partial charge < -0.3 is 5.73 Å². The van der Waals surface area contributed by atoms with Gasteiger partial charge in [-0.15, -0.1) is 11.3 Å². The van der Waals surface area contributed by atoms with Gasteiger partial charge in [-0.25, -0.2) is 4.98 Å². The molecule has 1 aliphatic rings. The lowest BCUT2D eigenvalue weighted by Gasteiger charge is -2.21. The van der Waals surface area contributed by atoms with Gasteiger partial charge in [-0.2, -0.15) is 0 Å². The van der Waals surface area contributed by atoms with Crippen LogP contribution < -0.4 is 5.73 Å². The fourth-order valence-electron chi connectivity index (χ4n) is 1.98. The topological polar surface area (TPSA) is 42.1 Å². The van der Waals surface area contributed by atoms with E-state index in [1.807, 2.05) is 0 Å². The van der Waals surface area contributed by atoms with Gasteiger partial charge in [0, 0.05) is 6.54 Å². The predicted molar refractivity (Wildman–Crippen MR) is 64.2 cm³/mol. The first-order valence-corrected chi connectivity index (χ1v) is 6.33. The van der Waals surface area contributed by atoms with E-state index in [2.05, 4.69) is 16.8 Å². The highest BCUT2D eigenvalue weighted by atomic mass is 35.5. The molecular weight excluding hydrogens is 230 g/mol. The average Bonchev–Trinajstić information content (AvgIpc) is 2.76. The summed E-state index contributed by atoms with van der Waals surface area (Å²) in [6.07, 6.45) is 2.91. The van der Waals surface area contributed by atoms with E-state index in [0.717, 1.165) is 35.5 Å². The van der Waals surface area contributed by atoms with Gasteiger partial charge in [0.2, 0.25) is 0 Å². The molecule has 84 valence electrons. The normalized spacial score (nSPS) is 27.4. The first kappa shape index (κ1) is 11.3. The van der Waals surface area contributed by atoms with Gasteiger partial charge in [0.25, 0.3) is 0 Å². The third kappa shape index (κ3) is 2.69. The van der Waals surface area contributed by atoms with E-state index in [1.54, 1.807) is 17.5 Å². The summed E-state index contributed by atoms with van der Waals surface area (Å²) in [5.41, 5.74) is 6.06. The Morgan fingerprint density at radius 2 is 2.53 bits per heavy atom. The van der Waals surface area contributed by atoms with Crippen LogP contribution in [0, 0.1) is 5.41 Å². The zero-order valence-corrected chi connectivity index (χ0v) is 10.4. The van der Waals surface area contributed by atoms with E-state index in [1.165, 1.54) is 6.42 Å². The molecule has 3 nitrogen and oxygen atoms in total. The first-order chi connectivity index (χ1) is 7.11. The van der Waals surface area contributed by atoms with Crippen molar-refractivity contribution in [2.24, 2.45) is 11.1 Å². The van der Waals surface area contributed by atoms with Crippen molar-refractivity contribution in [2.45, 2.75) is 19.9 Å².